The van der Waals surface area contributed by atoms with Crippen LogP contribution in [0.1, 0.15) is 13.8 Å². The predicted molar refractivity (Wildman–Crippen MR) is 67.7 cm³/mol. The largest absolute Gasteiger partial charge is 0.355 e. The maximum absolute atomic E-state index is 11.9. The lowest BCUT2D eigenvalue weighted by Crippen LogP contribution is -2.44. The van der Waals surface area contributed by atoms with Gasteiger partial charge in [-0.05, 0) is 26.0 Å². The molecule has 0 aliphatic rings. The van der Waals surface area contributed by atoms with Crippen LogP contribution in [0.25, 0.3) is 0 Å². The highest BCUT2D eigenvalue weighted by atomic mass is 35.5. The number of amides is 1. The Bertz CT molecular complexity index is 516. The van der Waals surface area contributed by atoms with Crippen LogP contribution in [-0.2, 0) is 14.8 Å². The quantitative estimate of drug-likeness (QED) is 0.775. The Hall–Kier alpha value is -1.18. The Morgan fingerprint density at radius 3 is 2.67 bits per heavy atom. The zero-order valence-corrected chi connectivity index (χ0v) is 11.5. The molecular weight excluding hydrogens is 278 g/mol. The molecule has 1 unspecified atom stereocenters. The lowest BCUT2D eigenvalue weighted by molar-refractivity contribution is -0.122. The van der Waals surface area contributed by atoms with Gasteiger partial charge in [0.25, 0.3) is 0 Å². The molecule has 0 saturated carbocycles. The second-order valence-corrected chi connectivity index (χ2v) is 5.66. The summed E-state index contributed by atoms with van der Waals surface area (Å²) >= 11 is 5.57. The van der Waals surface area contributed by atoms with Gasteiger partial charge in [0, 0.05) is 12.7 Å². The van der Waals surface area contributed by atoms with Crippen molar-refractivity contribution in [3.63, 3.8) is 0 Å². The predicted octanol–water partition coefficient (Wildman–Crippen LogP) is 0.538. The Morgan fingerprint density at radius 2 is 2.17 bits per heavy atom. The van der Waals surface area contributed by atoms with E-state index in [9.17, 15) is 13.2 Å². The molecule has 2 N–H and O–H groups in total. The number of carbonyl (C=O) groups excluding carboxylic acids is 1. The smallest absolute Gasteiger partial charge is 0.242 e. The maximum atomic E-state index is 11.9. The summed E-state index contributed by atoms with van der Waals surface area (Å²) in [6.07, 6.45) is 1.13. The molecule has 100 valence electrons. The maximum Gasteiger partial charge on any atom is 0.242 e. The molecule has 0 spiro atoms. The van der Waals surface area contributed by atoms with E-state index in [1.807, 2.05) is 0 Å². The minimum atomic E-state index is -3.77. The number of likely N-dealkylation sites (N-methyl/N-ethyl adjacent to an activating group) is 1. The molecule has 0 aliphatic carbocycles. The summed E-state index contributed by atoms with van der Waals surface area (Å²) in [7, 11) is -3.77. The fourth-order valence-corrected chi connectivity index (χ4v) is 2.46. The van der Waals surface area contributed by atoms with Crippen molar-refractivity contribution in [3.05, 3.63) is 23.5 Å². The van der Waals surface area contributed by atoms with Crippen molar-refractivity contribution in [3.8, 4) is 0 Å². The van der Waals surface area contributed by atoms with Crippen molar-refractivity contribution in [1.29, 1.82) is 0 Å². The van der Waals surface area contributed by atoms with Crippen LogP contribution in [0.4, 0.5) is 0 Å². The minimum absolute atomic E-state index is 0.0388. The van der Waals surface area contributed by atoms with E-state index >= 15 is 0 Å². The first kappa shape index (κ1) is 14.9. The Labute approximate surface area is 111 Å². The average molecular weight is 292 g/mol. The number of rotatable bonds is 5. The van der Waals surface area contributed by atoms with Crippen LogP contribution in [-0.4, -0.2) is 31.9 Å². The fourth-order valence-electron chi connectivity index (χ4n) is 1.20. The van der Waals surface area contributed by atoms with Gasteiger partial charge in [-0.25, -0.2) is 13.4 Å². The summed E-state index contributed by atoms with van der Waals surface area (Å²) in [5.41, 5.74) is 0. The molecule has 8 heteroatoms. The number of hydrogen-bond donors (Lipinski definition) is 2. The normalized spacial score (nSPS) is 13.1. The van der Waals surface area contributed by atoms with Crippen molar-refractivity contribution in [1.82, 2.24) is 15.0 Å². The summed E-state index contributed by atoms with van der Waals surface area (Å²) in [6, 6.07) is 1.83. The van der Waals surface area contributed by atoms with Crippen molar-refractivity contribution in [2.45, 2.75) is 24.8 Å². The van der Waals surface area contributed by atoms with E-state index in [0.29, 0.717) is 6.54 Å². The topological polar surface area (TPSA) is 88.2 Å². The number of nitrogens with zero attached hydrogens (tertiary/aromatic N) is 1. The Balaban J connectivity index is 2.82. The van der Waals surface area contributed by atoms with Crippen molar-refractivity contribution in [2.24, 2.45) is 0 Å². The van der Waals surface area contributed by atoms with Gasteiger partial charge in [0.05, 0.1) is 6.04 Å². The summed E-state index contributed by atoms with van der Waals surface area (Å²) < 4.78 is 26.0. The van der Waals surface area contributed by atoms with Crippen molar-refractivity contribution in [2.75, 3.05) is 6.54 Å². The van der Waals surface area contributed by atoms with Crippen LogP contribution >= 0.6 is 11.6 Å². The summed E-state index contributed by atoms with van der Waals surface area (Å²) in [5.74, 6) is -0.386. The van der Waals surface area contributed by atoms with Crippen LogP contribution in [0.5, 0.6) is 0 Å². The van der Waals surface area contributed by atoms with Gasteiger partial charge in [0.1, 0.15) is 10.0 Å². The third-order valence-corrected chi connectivity index (χ3v) is 3.84. The summed E-state index contributed by atoms with van der Waals surface area (Å²) in [4.78, 5) is 15.1. The zero-order valence-electron chi connectivity index (χ0n) is 9.97. The fraction of sp³-hybridized carbons (Fsp3) is 0.400. The molecule has 1 rings (SSSR count). The van der Waals surface area contributed by atoms with E-state index in [1.165, 1.54) is 19.1 Å². The van der Waals surface area contributed by atoms with Crippen LogP contribution in [0.15, 0.2) is 23.2 Å². The van der Waals surface area contributed by atoms with Crippen molar-refractivity contribution < 1.29 is 13.2 Å². The van der Waals surface area contributed by atoms with Crippen LogP contribution in [0.3, 0.4) is 0 Å². The number of nitrogens with one attached hydrogen (secondary N) is 2. The number of sulfonamides is 1. The molecule has 1 aromatic rings. The van der Waals surface area contributed by atoms with E-state index in [2.05, 4.69) is 15.0 Å². The van der Waals surface area contributed by atoms with E-state index in [0.717, 1.165) is 6.20 Å². The lowest BCUT2D eigenvalue weighted by Gasteiger charge is -2.13. The first-order chi connectivity index (χ1) is 8.36. The molecule has 0 radical (unpaired) electrons. The average Bonchev–Trinajstić information content (AvgIpc) is 2.29. The molecule has 0 aromatic carbocycles. The number of halogens is 1. The van der Waals surface area contributed by atoms with Gasteiger partial charge in [0.15, 0.2) is 0 Å². The lowest BCUT2D eigenvalue weighted by atomic mass is 10.3. The molecule has 18 heavy (non-hydrogen) atoms. The highest BCUT2D eigenvalue weighted by molar-refractivity contribution is 7.89. The van der Waals surface area contributed by atoms with Crippen LogP contribution < -0.4 is 10.0 Å². The van der Waals surface area contributed by atoms with Crippen LogP contribution in [0, 0.1) is 0 Å². The Morgan fingerprint density at radius 1 is 1.50 bits per heavy atom. The van der Waals surface area contributed by atoms with Gasteiger partial charge in [-0.3, -0.25) is 4.79 Å². The molecule has 0 fully saturated rings. The van der Waals surface area contributed by atoms with Gasteiger partial charge >= 0.3 is 0 Å². The second kappa shape index (κ2) is 6.12. The molecule has 1 aromatic heterocycles. The highest BCUT2D eigenvalue weighted by Crippen LogP contribution is 2.11. The van der Waals surface area contributed by atoms with Crippen molar-refractivity contribution >= 4 is 27.5 Å². The summed E-state index contributed by atoms with van der Waals surface area (Å²) in [6.45, 7) is 3.65. The van der Waals surface area contributed by atoms with Gasteiger partial charge in [-0.1, -0.05) is 11.6 Å². The standard InChI is InChI=1S/C10H14ClN3O3S/c1-3-12-10(15)7(2)14-18(16,17)8-4-5-9(11)13-6-8/h4-7,14H,3H2,1-2H3,(H,12,15). The van der Waals surface area contributed by atoms with Gasteiger partial charge < -0.3 is 5.32 Å². The molecular formula is C10H14ClN3O3S. The molecule has 0 aliphatic heterocycles. The van der Waals surface area contributed by atoms with Crippen LogP contribution in [0.2, 0.25) is 5.15 Å². The number of pyridine rings is 1. The first-order valence-corrected chi connectivity index (χ1v) is 7.14. The number of hydrogen-bond acceptors (Lipinski definition) is 4. The monoisotopic (exact) mass is 291 g/mol. The SMILES string of the molecule is CCNC(=O)C(C)NS(=O)(=O)c1ccc(Cl)nc1. The third-order valence-electron chi connectivity index (χ3n) is 2.09. The Kier molecular flexibility index (Phi) is 5.06. The van der Waals surface area contributed by atoms with E-state index in [1.54, 1.807) is 6.92 Å². The zero-order chi connectivity index (χ0) is 13.8. The summed E-state index contributed by atoms with van der Waals surface area (Å²) in [5, 5.41) is 2.73. The highest BCUT2D eigenvalue weighted by Gasteiger charge is 2.21. The molecule has 0 saturated heterocycles. The molecule has 6 nitrogen and oxygen atoms in total. The molecule has 1 atom stereocenters. The molecule has 1 heterocycles. The van der Waals surface area contributed by atoms with Gasteiger partial charge in [0.2, 0.25) is 15.9 Å². The minimum Gasteiger partial charge on any atom is -0.355 e. The van der Waals surface area contributed by atoms with Gasteiger partial charge in [-0.15, -0.1) is 0 Å². The second-order valence-electron chi connectivity index (χ2n) is 3.55. The first-order valence-electron chi connectivity index (χ1n) is 5.28. The van der Waals surface area contributed by atoms with E-state index in [4.69, 9.17) is 11.6 Å². The van der Waals surface area contributed by atoms with Gasteiger partial charge in [-0.2, -0.15) is 4.72 Å². The molecule has 1 amide bonds. The van der Waals surface area contributed by atoms with E-state index in [-0.39, 0.29) is 16.0 Å². The number of aromatic nitrogens is 1. The third kappa shape index (κ3) is 3.94. The number of carbonyl (C=O) groups is 1. The van der Waals surface area contributed by atoms with E-state index < -0.39 is 16.1 Å². The molecule has 0 bridgehead atoms.